The molecule has 0 saturated heterocycles. The molecular formula is C10H12N4. The van der Waals surface area contributed by atoms with E-state index in [1.165, 1.54) is 5.56 Å². The zero-order chi connectivity index (χ0) is 10.1. The first kappa shape index (κ1) is 8.74. The molecule has 0 saturated carbocycles. The van der Waals surface area contributed by atoms with E-state index in [4.69, 9.17) is 5.73 Å². The van der Waals surface area contributed by atoms with E-state index in [1.807, 2.05) is 38.1 Å². The van der Waals surface area contributed by atoms with E-state index in [1.54, 1.807) is 4.80 Å². The highest BCUT2D eigenvalue weighted by atomic mass is 15.5. The Morgan fingerprint density at radius 2 is 1.71 bits per heavy atom. The van der Waals surface area contributed by atoms with Gasteiger partial charge in [0, 0.05) is 0 Å². The van der Waals surface area contributed by atoms with Crippen LogP contribution in [0.4, 0.5) is 5.82 Å². The van der Waals surface area contributed by atoms with Gasteiger partial charge in [0.25, 0.3) is 0 Å². The summed E-state index contributed by atoms with van der Waals surface area (Å²) in [6.45, 7) is 3.88. The van der Waals surface area contributed by atoms with Gasteiger partial charge in [0.2, 0.25) is 0 Å². The van der Waals surface area contributed by atoms with Gasteiger partial charge in [-0.25, -0.2) is 0 Å². The van der Waals surface area contributed by atoms with Crippen molar-refractivity contribution in [2.45, 2.75) is 13.8 Å². The minimum atomic E-state index is 0.477. The average molecular weight is 188 g/mol. The van der Waals surface area contributed by atoms with Crippen molar-refractivity contribution in [2.24, 2.45) is 0 Å². The van der Waals surface area contributed by atoms with Gasteiger partial charge in [0.05, 0.1) is 5.69 Å². The predicted molar refractivity (Wildman–Crippen MR) is 55.2 cm³/mol. The van der Waals surface area contributed by atoms with Crippen LogP contribution in [0.1, 0.15) is 11.3 Å². The van der Waals surface area contributed by atoms with Gasteiger partial charge in [-0.15, -0.1) is 9.90 Å². The van der Waals surface area contributed by atoms with Crippen LogP contribution < -0.4 is 5.73 Å². The van der Waals surface area contributed by atoms with Crippen molar-refractivity contribution < 1.29 is 0 Å². The van der Waals surface area contributed by atoms with E-state index < -0.39 is 0 Å². The fourth-order valence-electron chi connectivity index (χ4n) is 1.18. The van der Waals surface area contributed by atoms with Gasteiger partial charge in [-0.3, -0.25) is 0 Å². The van der Waals surface area contributed by atoms with E-state index in [-0.39, 0.29) is 0 Å². The van der Waals surface area contributed by atoms with Crippen molar-refractivity contribution >= 4 is 5.82 Å². The summed E-state index contributed by atoms with van der Waals surface area (Å²) in [6, 6.07) is 7.97. The molecule has 0 aliphatic rings. The van der Waals surface area contributed by atoms with Gasteiger partial charge in [-0.2, -0.15) is 5.10 Å². The number of nitrogens with zero attached hydrogens (tertiary/aromatic N) is 3. The van der Waals surface area contributed by atoms with Crippen molar-refractivity contribution in [3.63, 3.8) is 0 Å². The molecule has 14 heavy (non-hydrogen) atoms. The highest BCUT2D eigenvalue weighted by Gasteiger charge is 2.03. The SMILES string of the molecule is Cc1ccc(-n2nc(C)c(N)n2)cc1. The third-order valence-electron chi connectivity index (χ3n) is 2.08. The second kappa shape index (κ2) is 3.14. The van der Waals surface area contributed by atoms with Crippen LogP contribution in [0.3, 0.4) is 0 Å². The molecule has 2 aromatic rings. The monoisotopic (exact) mass is 188 g/mol. The predicted octanol–water partition coefficient (Wildman–Crippen LogP) is 1.47. The Hall–Kier alpha value is -1.84. The lowest BCUT2D eigenvalue weighted by Gasteiger charge is -1.98. The number of nitrogens with two attached hydrogens (primary N) is 1. The number of aryl methyl sites for hydroxylation is 2. The van der Waals surface area contributed by atoms with Crippen molar-refractivity contribution in [1.82, 2.24) is 15.0 Å². The van der Waals surface area contributed by atoms with E-state index in [2.05, 4.69) is 10.2 Å². The zero-order valence-corrected chi connectivity index (χ0v) is 8.23. The summed E-state index contributed by atoms with van der Waals surface area (Å²) in [5.41, 5.74) is 8.51. The number of benzene rings is 1. The minimum absolute atomic E-state index is 0.477. The summed E-state index contributed by atoms with van der Waals surface area (Å²) in [4.78, 5) is 1.55. The molecular weight excluding hydrogens is 176 g/mol. The summed E-state index contributed by atoms with van der Waals surface area (Å²) >= 11 is 0. The van der Waals surface area contributed by atoms with Gasteiger partial charge < -0.3 is 5.73 Å². The third kappa shape index (κ3) is 1.46. The number of hydrogen-bond donors (Lipinski definition) is 1. The molecule has 4 nitrogen and oxygen atoms in total. The summed E-state index contributed by atoms with van der Waals surface area (Å²) in [6.07, 6.45) is 0. The maximum atomic E-state index is 5.61. The fraction of sp³-hybridized carbons (Fsp3) is 0.200. The van der Waals surface area contributed by atoms with Crippen molar-refractivity contribution in [2.75, 3.05) is 5.73 Å². The molecule has 1 aromatic carbocycles. The summed E-state index contributed by atoms with van der Waals surface area (Å²) in [7, 11) is 0. The third-order valence-corrected chi connectivity index (χ3v) is 2.08. The summed E-state index contributed by atoms with van der Waals surface area (Å²) < 4.78 is 0. The Morgan fingerprint density at radius 3 is 2.21 bits per heavy atom. The van der Waals surface area contributed by atoms with E-state index >= 15 is 0 Å². The molecule has 0 radical (unpaired) electrons. The first-order valence-corrected chi connectivity index (χ1v) is 4.43. The summed E-state index contributed by atoms with van der Waals surface area (Å²) in [5, 5.41) is 8.28. The van der Waals surface area contributed by atoms with Crippen LogP contribution in [0.25, 0.3) is 5.69 Å². The van der Waals surface area contributed by atoms with Crippen LogP contribution in [0.2, 0.25) is 0 Å². The number of anilines is 1. The summed E-state index contributed by atoms with van der Waals surface area (Å²) in [5.74, 6) is 0.477. The first-order valence-electron chi connectivity index (χ1n) is 4.43. The first-order chi connectivity index (χ1) is 6.66. The van der Waals surface area contributed by atoms with Crippen molar-refractivity contribution in [3.8, 4) is 5.69 Å². The Kier molecular flexibility index (Phi) is 1.96. The molecule has 1 heterocycles. The molecule has 0 fully saturated rings. The van der Waals surface area contributed by atoms with Crippen LogP contribution >= 0.6 is 0 Å². The molecule has 1 aromatic heterocycles. The molecule has 4 heteroatoms. The Balaban J connectivity index is 2.44. The van der Waals surface area contributed by atoms with Crippen LogP contribution in [0.5, 0.6) is 0 Å². The van der Waals surface area contributed by atoms with E-state index in [9.17, 15) is 0 Å². The number of hydrogen-bond acceptors (Lipinski definition) is 3. The molecule has 0 spiro atoms. The quantitative estimate of drug-likeness (QED) is 0.737. The van der Waals surface area contributed by atoms with Crippen molar-refractivity contribution in [3.05, 3.63) is 35.5 Å². The molecule has 2 N–H and O–H groups in total. The minimum Gasteiger partial charge on any atom is -0.381 e. The lowest BCUT2D eigenvalue weighted by molar-refractivity contribution is 0.747. The average Bonchev–Trinajstić information content (AvgIpc) is 2.48. The van der Waals surface area contributed by atoms with Crippen LogP contribution in [0, 0.1) is 13.8 Å². The van der Waals surface area contributed by atoms with E-state index in [0.29, 0.717) is 5.82 Å². The molecule has 72 valence electrons. The largest absolute Gasteiger partial charge is 0.381 e. The lowest BCUT2D eigenvalue weighted by atomic mass is 10.2. The smallest absolute Gasteiger partial charge is 0.169 e. The highest BCUT2D eigenvalue weighted by Crippen LogP contribution is 2.10. The number of aromatic nitrogens is 3. The van der Waals surface area contributed by atoms with Gasteiger partial charge in [-0.05, 0) is 26.0 Å². The molecule has 0 aliphatic carbocycles. The molecule has 0 amide bonds. The Morgan fingerprint density at radius 1 is 1.07 bits per heavy atom. The number of rotatable bonds is 1. The maximum Gasteiger partial charge on any atom is 0.169 e. The standard InChI is InChI=1S/C10H12N4/c1-7-3-5-9(6-4-7)14-12-8(2)10(11)13-14/h3-6H,1-2H3,(H2,11,13). The maximum absolute atomic E-state index is 5.61. The highest BCUT2D eigenvalue weighted by molar-refractivity contribution is 5.36. The molecule has 2 rings (SSSR count). The molecule has 0 unspecified atom stereocenters. The Labute approximate surface area is 82.4 Å². The van der Waals surface area contributed by atoms with Gasteiger partial charge in [0.15, 0.2) is 5.82 Å². The van der Waals surface area contributed by atoms with Crippen LogP contribution in [-0.2, 0) is 0 Å². The van der Waals surface area contributed by atoms with Crippen molar-refractivity contribution in [1.29, 1.82) is 0 Å². The number of nitrogen functional groups attached to an aromatic ring is 1. The lowest BCUT2D eigenvalue weighted by Crippen LogP contribution is -1.99. The van der Waals surface area contributed by atoms with Gasteiger partial charge in [-0.1, -0.05) is 17.7 Å². The molecule has 0 atom stereocenters. The molecule has 0 aliphatic heterocycles. The van der Waals surface area contributed by atoms with E-state index in [0.717, 1.165) is 11.4 Å². The second-order valence-corrected chi connectivity index (χ2v) is 3.30. The van der Waals surface area contributed by atoms with Crippen LogP contribution in [-0.4, -0.2) is 15.0 Å². The van der Waals surface area contributed by atoms with Gasteiger partial charge >= 0.3 is 0 Å². The zero-order valence-electron chi connectivity index (χ0n) is 8.23. The molecule has 0 bridgehead atoms. The second-order valence-electron chi connectivity index (χ2n) is 3.30. The topological polar surface area (TPSA) is 56.7 Å². The normalized spacial score (nSPS) is 10.4. The van der Waals surface area contributed by atoms with Crippen LogP contribution in [0.15, 0.2) is 24.3 Å². The fourth-order valence-corrected chi connectivity index (χ4v) is 1.18. The van der Waals surface area contributed by atoms with Gasteiger partial charge in [0.1, 0.15) is 5.69 Å². The Bertz CT molecular complexity index is 422.